The van der Waals surface area contributed by atoms with Crippen LogP contribution in [0.25, 0.3) is 0 Å². The zero-order chi connectivity index (χ0) is 17.4. The lowest BCUT2D eigenvalue weighted by molar-refractivity contribution is -0.133. The monoisotopic (exact) mass is 346 g/mol. The van der Waals surface area contributed by atoms with Gasteiger partial charge in [-0.15, -0.1) is 0 Å². The molecule has 0 aromatic heterocycles. The van der Waals surface area contributed by atoms with Crippen molar-refractivity contribution in [3.05, 3.63) is 35.6 Å². The number of carbonyl (C=O) groups excluding carboxylic acids is 1. The SMILES string of the molecule is O=C(N1C[C@@H](CN2CCCC2)[C@@H](CO)C1)C1(c2ccccc2F)CC1. The number of benzene rings is 1. The standard InChI is InChI=1S/C20H27FN2O2/c21-18-6-2-1-5-17(18)20(7-8-20)19(25)23-12-15(16(13-23)14-24)11-22-9-3-4-10-22/h1-2,5-6,15-16,24H,3-4,7-14H2/t15-,16-/m1/s1. The molecule has 1 aromatic carbocycles. The van der Waals surface area contributed by atoms with Gasteiger partial charge in [0.1, 0.15) is 5.82 Å². The summed E-state index contributed by atoms with van der Waals surface area (Å²) in [7, 11) is 0. The highest BCUT2D eigenvalue weighted by molar-refractivity contribution is 5.91. The quantitative estimate of drug-likeness (QED) is 0.887. The summed E-state index contributed by atoms with van der Waals surface area (Å²) in [5, 5.41) is 9.77. The lowest BCUT2D eigenvalue weighted by Gasteiger charge is -2.25. The van der Waals surface area contributed by atoms with E-state index in [1.54, 1.807) is 12.1 Å². The third-order valence-electron chi connectivity index (χ3n) is 6.34. The molecule has 2 saturated heterocycles. The van der Waals surface area contributed by atoms with Gasteiger partial charge in [-0.2, -0.15) is 0 Å². The second-order valence-electron chi connectivity index (χ2n) is 7.98. The first-order valence-corrected chi connectivity index (χ1v) is 9.51. The van der Waals surface area contributed by atoms with Gasteiger partial charge in [-0.05, 0) is 50.8 Å². The second-order valence-corrected chi connectivity index (χ2v) is 7.98. The van der Waals surface area contributed by atoms with Crippen LogP contribution in [0, 0.1) is 17.7 Å². The van der Waals surface area contributed by atoms with Crippen molar-refractivity contribution in [3.63, 3.8) is 0 Å². The lowest BCUT2D eigenvalue weighted by Crippen LogP contribution is -2.39. The molecule has 4 rings (SSSR count). The van der Waals surface area contributed by atoms with Crippen molar-refractivity contribution in [1.82, 2.24) is 9.80 Å². The number of hydrogen-bond acceptors (Lipinski definition) is 3. The van der Waals surface area contributed by atoms with Gasteiger partial charge in [-0.25, -0.2) is 4.39 Å². The Labute approximate surface area is 148 Å². The summed E-state index contributed by atoms with van der Waals surface area (Å²) >= 11 is 0. The molecule has 25 heavy (non-hydrogen) atoms. The van der Waals surface area contributed by atoms with E-state index in [0.717, 1.165) is 32.5 Å². The third-order valence-corrected chi connectivity index (χ3v) is 6.34. The topological polar surface area (TPSA) is 43.8 Å². The van der Waals surface area contributed by atoms with E-state index in [-0.39, 0.29) is 24.2 Å². The second kappa shape index (κ2) is 6.69. The molecule has 1 N–H and O–H groups in total. The normalized spacial score (nSPS) is 28.5. The van der Waals surface area contributed by atoms with Crippen LogP contribution in [-0.2, 0) is 10.2 Å². The minimum Gasteiger partial charge on any atom is -0.396 e. The van der Waals surface area contributed by atoms with Crippen LogP contribution in [-0.4, -0.2) is 60.1 Å². The lowest BCUT2D eigenvalue weighted by atomic mass is 9.94. The number of hydrogen-bond donors (Lipinski definition) is 1. The molecule has 1 amide bonds. The summed E-state index contributed by atoms with van der Waals surface area (Å²) in [5.74, 6) is 0.240. The van der Waals surface area contributed by atoms with Crippen LogP contribution >= 0.6 is 0 Å². The maximum Gasteiger partial charge on any atom is 0.233 e. The third kappa shape index (κ3) is 3.08. The van der Waals surface area contributed by atoms with E-state index in [9.17, 15) is 14.3 Å². The van der Waals surface area contributed by atoms with Crippen molar-refractivity contribution in [2.24, 2.45) is 11.8 Å². The number of nitrogens with zero attached hydrogens (tertiary/aromatic N) is 2. The Morgan fingerprint density at radius 1 is 1.16 bits per heavy atom. The van der Waals surface area contributed by atoms with Crippen LogP contribution in [0.5, 0.6) is 0 Å². The predicted molar refractivity (Wildman–Crippen MR) is 93.6 cm³/mol. The van der Waals surface area contributed by atoms with E-state index in [2.05, 4.69) is 4.90 Å². The summed E-state index contributed by atoms with van der Waals surface area (Å²) in [6.45, 7) is 4.63. The number of rotatable bonds is 5. The van der Waals surface area contributed by atoms with Gasteiger partial charge in [0.25, 0.3) is 0 Å². The fourth-order valence-electron chi connectivity index (χ4n) is 4.69. The van der Waals surface area contributed by atoms with Crippen LogP contribution in [0.1, 0.15) is 31.2 Å². The molecular formula is C20H27FN2O2. The highest BCUT2D eigenvalue weighted by Gasteiger charge is 2.55. The van der Waals surface area contributed by atoms with E-state index in [1.807, 2.05) is 11.0 Å². The minimum atomic E-state index is -0.659. The van der Waals surface area contributed by atoms with Crippen LogP contribution in [0.3, 0.4) is 0 Å². The number of likely N-dealkylation sites (tertiary alicyclic amines) is 2. The molecule has 136 valence electrons. The van der Waals surface area contributed by atoms with Crippen molar-refractivity contribution in [2.75, 3.05) is 39.3 Å². The highest BCUT2D eigenvalue weighted by Crippen LogP contribution is 2.51. The number of carbonyl (C=O) groups is 1. The zero-order valence-electron chi connectivity index (χ0n) is 14.7. The maximum absolute atomic E-state index is 14.2. The van der Waals surface area contributed by atoms with Crippen LogP contribution < -0.4 is 0 Å². The largest absolute Gasteiger partial charge is 0.396 e. The molecular weight excluding hydrogens is 319 g/mol. The number of aliphatic hydroxyl groups excluding tert-OH is 1. The summed E-state index contributed by atoms with van der Waals surface area (Å²) in [6.07, 6.45) is 3.94. The van der Waals surface area contributed by atoms with Crippen LogP contribution in [0.4, 0.5) is 4.39 Å². The first-order valence-electron chi connectivity index (χ1n) is 9.51. The predicted octanol–water partition coefficient (Wildman–Crippen LogP) is 2.02. The summed E-state index contributed by atoms with van der Waals surface area (Å²) in [6, 6.07) is 6.67. The van der Waals surface area contributed by atoms with E-state index < -0.39 is 5.41 Å². The van der Waals surface area contributed by atoms with Crippen molar-refractivity contribution in [1.29, 1.82) is 0 Å². The molecule has 3 aliphatic rings. The Bertz CT molecular complexity index is 640. The molecule has 1 saturated carbocycles. The summed E-state index contributed by atoms with van der Waals surface area (Å²) in [4.78, 5) is 17.5. The number of halogens is 1. The van der Waals surface area contributed by atoms with Crippen molar-refractivity contribution in [3.8, 4) is 0 Å². The molecule has 2 atom stereocenters. The Balaban J connectivity index is 1.48. The Morgan fingerprint density at radius 2 is 1.84 bits per heavy atom. The van der Waals surface area contributed by atoms with E-state index in [4.69, 9.17) is 0 Å². The summed E-state index contributed by atoms with van der Waals surface area (Å²) < 4.78 is 14.2. The average Bonchev–Trinajstić information content (AvgIpc) is 3.07. The summed E-state index contributed by atoms with van der Waals surface area (Å²) in [5.41, 5.74) is -0.114. The smallest absolute Gasteiger partial charge is 0.233 e. The van der Waals surface area contributed by atoms with Gasteiger partial charge in [0.15, 0.2) is 0 Å². The Morgan fingerprint density at radius 3 is 2.48 bits per heavy atom. The number of amides is 1. The van der Waals surface area contributed by atoms with Crippen LogP contribution in [0.15, 0.2) is 24.3 Å². The molecule has 2 heterocycles. The van der Waals surface area contributed by atoms with E-state index in [1.165, 1.54) is 18.9 Å². The van der Waals surface area contributed by atoms with Gasteiger partial charge in [-0.1, -0.05) is 18.2 Å². The molecule has 2 aliphatic heterocycles. The molecule has 3 fully saturated rings. The Kier molecular flexibility index (Phi) is 4.54. The molecule has 0 spiro atoms. The van der Waals surface area contributed by atoms with Gasteiger partial charge >= 0.3 is 0 Å². The van der Waals surface area contributed by atoms with Gasteiger partial charge in [0.05, 0.1) is 5.41 Å². The van der Waals surface area contributed by atoms with Gasteiger partial charge in [-0.3, -0.25) is 4.79 Å². The number of aliphatic hydroxyl groups is 1. The van der Waals surface area contributed by atoms with Crippen molar-refractivity contribution >= 4 is 5.91 Å². The Hall–Kier alpha value is -1.46. The molecule has 4 nitrogen and oxygen atoms in total. The maximum atomic E-state index is 14.2. The first-order chi connectivity index (χ1) is 12.1. The molecule has 1 aromatic rings. The molecule has 5 heteroatoms. The van der Waals surface area contributed by atoms with Crippen LogP contribution in [0.2, 0.25) is 0 Å². The van der Waals surface area contributed by atoms with Gasteiger partial charge < -0.3 is 14.9 Å². The minimum absolute atomic E-state index is 0.0555. The van der Waals surface area contributed by atoms with Crippen molar-refractivity contribution in [2.45, 2.75) is 31.1 Å². The molecule has 0 unspecified atom stereocenters. The average molecular weight is 346 g/mol. The van der Waals surface area contributed by atoms with Crippen molar-refractivity contribution < 1.29 is 14.3 Å². The van der Waals surface area contributed by atoms with Gasteiger partial charge in [0.2, 0.25) is 5.91 Å². The van der Waals surface area contributed by atoms with Gasteiger partial charge in [0, 0.05) is 37.7 Å². The van der Waals surface area contributed by atoms with E-state index >= 15 is 0 Å². The fourth-order valence-corrected chi connectivity index (χ4v) is 4.69. The molecule has 0 bridgehead atoms. The molecule has 1 aliphatic carbocycles. The fraction of sp³-hybridized carbons (Fsp3) is 0.650. The first kappa shape index (κ1) is 17.0. The van der Waals surface area contributed by atoms with E-state index in [0.29, 0.717) is 24.6 Å². The molecule has 0 radical (unpaired) electrons. The zero-order valence-corrected chi connectivity index (χ0v) is 14.7. The highest BCUT2D eigenvalue weighted by atomic mass is 19.1.